The predicted octanol–water partition coefficient (Wildman–Crippen LogP) is 0.0406. The molecule has 0 amide bonds. The summed E-state index contributed by atoms with van der Waals surface area (Å²) in [6.45, 7) is -0.267. The van der Waals surface area contributed by atoms with Gasteiger partial charge in [0.05, 0.1) is 17.7 Å². The van der Waals surface area contributed by atoms with Crippen LogP contribution in [0.1, 0.15) is 23.7 Å². The van der Waals surface area contributed by atoms with E-state index in [2.05, 4.69) is 0 Å². The van der Waals surface area contributed by atoms with Gasteiger partial charge in [0.25, 0.3) is 0 Å². The first-order chi connectivity index (χ1) is 7.60. The van der Waals surface area contributed by atoms with E-state index in [1.165, 1.54) is 18.2 Å². The minimum absolute atomic E-state index is 0.00259. The Kier molecular flexibility index (Phi) is 4.26. The highest BCUT2D eigenvalue weighted by Gasteiger charge is 2.21. The number of benzene rings is 1. The van der Waals surface area contributed by atoms with Gasteiger partial charge in [-0.05, 0) is 24.6 Å². The quantitative estimate of drug-likeness (QED) is 0.577. The molecule has 16 heavy (non-hydrogen) atoms. The maximum Gasteiger partial charge on any atom is 0.121 e. The SMILES string of the molecule is N#Cc1ccc(O)c(C(O)C(O)CCO)c1. The van der Waals surface area contributed by atoms with E-state index in [1.54, 1.807) is 0 Å². The molecule has 0 radical (unpaired) electrons. The summed E-state index contributed by atoms with van der Waals surface area (Å²) in [6, 6.07) is 5.86. The molecule has 4 N–H and O–H groups in total. The van der Waals surface area contributed by atoms with Crippen LogP contribution in [-0.4, -0.2) is 33.1 Å². The highest BCUT2D eigenvalue weighted by molar-refractivity contribution is 5.42. The molecule has 2 atom stereocenters. The molecule has 5 heteroatoms. The van der Waals surface area contributed by atoms with Gasteiger partial charge in [0.2, 0.25) is 0 Å². The molecule has 0 fully saturated rings. The van der Waals surface area contributed by atoms with E-state index < -0.39 is 12.2 Å². The van der Waals surface area contributed by atoms with Gasteiger partial charge >= 0.3 is 0 Å². The Labute approximate surface area is 92.8 Å². The van der Waals surface area contributed by atoms with Crippen molar-refractivity contribution < 1.29 is 20.4 Å². The molecular weight excluding hydrogens is 210 g/mol. The van der Waals surface area contributed by atoms with Gasteiger partial charge < -0.3 is 20.4 Å². The molecule has 1 aromatic carbocycles. The lowest BCUT2D eigenvalue weighted by molar-refractivity contribution is 0.00304. The van der Waals surface area contributed by atoms with E-state index in [0.717, 1.165) is 0 Å². The van der Waals surface area contributed by atoms with Crippen LogP contribution < -0.4 is 0 Å². The van der Waals surface area contributed by atoms with E-state index in [4.69, 9.17) is 10.4 Å². The third kappa shape index (κ3) is 2.70. The minimum atomic E-state index is -1.32. The van der Waals surface area contributed by atoms with Crippen molar-refractivity contribution in [2.75, 3.05) is 6.61 Å². The highest BCUT2D eigenvalue weighted by Crippen LogP contribution is 2.28. The summed E-state index contributed by atoms with van der Waals surface area (Å²) < 4.78 is 0. The zero-order valence-electron chi connectivity index (χ0n) is 8.54. The van der Waals surface area contributed by atoms with Gasteiger partial charge in [-0.1, -0.05) is 0 Å². The lowest BCUT2D eigenvalue weighted by Gasteiger charge is -2.18. The van der Waals surface area contributed by atoms with E-state index >= 15 is 0 Å². The molecule has 0 aliphatic carbocycles. The Morgan fingerprint density at radius 1 is 1.31 bits per heavy atom. The fraction of sp³-hybridized carbons (Fsp3) is 0.364. The van der Waals surface area contributed by atoms with Gasteiger partial charge in [0.15, 0.2) is 0 Å². The normalized spacial score (nSPS) is 14.1. The largest absolute Gasteiger partial charge is 0.508 e. The van der Waals surface area contributed by atoms with Gasteiger partial charge in [0, 0.05) is 12.2 Å². The number of phenolic OH excluding ortho intramolecular Hbond substituents is 1. The van der Waals surface area contributed by atoms with Crippen molar-refractivity contribution in [3.63, 3.8) is 0 Å². The van der Waals surface area contributed by atoms with Crippen LogP contribution in [0.4, 0.5) is 0 Å². The second kappa shape index (κ2) is 5.47. The van der Waals surface area contributed by atoms with Crippen LogP contribution in [0.25, 0.3) is 0 Å². The number of rotatable bonds is 4. The average Bonchev–Trinajstić information content (AvgIpc) is 2.29. The molecule has 5 nitrogen and oxygen atoms in total. The van der Waals surface area contributed by atoms with Crippen molar-refractivity contribution in [2.24, 2.45) is 0 Å². The van der Waals surface area contributed by atoms with Crippen molar-refractivity contribution in [2.45, 2.75) is 18.6 Å². The number of aliphatic hydroxyl groups excluding tert-OH is 3. The zero-order valence-corrected chi connectivity index (χ0v) is 8.54. The zero-order chi connectivity index (χ0) is 12.1. The summed E-state index contributed by atoms with van der Waals surface area (Å²) in [5, 5.41) is 45.9. The summed E-state index contributed by atoms with van der Waals surface area (Å²) in [5.41, 5.74) is 0.364. The molecular formula is C11H13NO4. The minimum Gasteiger partial charge on any atom is -0.508 e. The van der Waals surface area contributed by atoms with Gasteiger partial charge in [-0.25, -0.2) is 0 Å². The van der Waals surface area contributed by atoms with Gasteiger partial charge in [0.1, 0.15) is 11.9 Å². The third-order valence-corrected chi connectivity index (χ3v) is 2.26. The first-order valence-corrected chi connectivity index (χ1v) is 4.80. The Hall–Kier alpha value is -1.61. The first-order valence-electron chi connectivity index (χ1n) is 4.80. The standard InChI is InChI=1S/C11H13NO4/c12-6-7-1-2-9(14)8(5-7)11(16)10(15)3-4-13/h1-2,5,10-11,13-16H,3-4H2. The van der Waals surface area contributed by atoms with Gasteiger partial charge in [-0.15, -0.1) is 0 Å². The molecule has 86 valence electrons. The predicted molar refractivity (Wildman–Crippen MR) is 55.5 cm³/mol. The van der Waals surface area contributed by atoms with Crippen LogP contribution in [0.5, 0.6) is 5.75 Å². The van der Waals surface area contributed by atoms with Crippen LogP contribution in [0.15, 0.2) is 18.2 Å². The number of aliphatic hydroxyl groups is 3. The molecule has 0 saturated carbocycles. The van der Waals surface area contributed by atoms with Crippen molar-refractivity contribution >= 4 is 0 Å². The maximum atomic E-state index is 9.69. The topological polar surface area (TPSA) is 105 Å². The fourth-order valence-corrected chi connectivity index (χ4v) is 1.36. The number of hydrogen-bond acceptors (Lipinski definition) is 5. The number of nitrogens with zero attached hydrogens (tertiary/aromatic N) is 1. The summed E-state index contributed by atoms with van der Waals surface area (Å²) in [4.78, 5) is 0. The van der Waals surface area contributed by atoms with Crippen molar-refractivity contribution in [3.8, 4) is 11.8 Å². The lowest BCUT2D eigenvalue weighted by atomic mass is 9.99. The number of phenols is 1. The smallest absolute Gasteiger partial charge is 0.121 e. The Bertz CT molecular complexity index is 399. The van der Waals surface area contributed by atoms with Crippen LogP contribution in [0, 0.1) is 11.3 Å². The molecule has 0 aliphatic heterocycles. The van der Waals surface area contributed by atoms with E-state index in [0.29, 0.717) is 0 Å². The fourth-order valence-electron chi connectivity index (χ4n) is 1.36. The monoisotopic (exact) mass is 223 g/mol. The second-order valence-corrected chi connectivity index (χ2v) is 3.41. The Morgan fingerprint density at radius 2 is 2.00 bits per heavy atom. The summed E-state index contributed by atoms with van der Waals surface area (Å²) in [6.07, 6.45) is -2.50. The van der Waals surface area contributed by atoms with Crippen molar-refractivity contribution in [1.29, 1.82) is 5.26 Å². The van der Waals surface area contributed by atoms with E-state index in [-0.39, 0.29) is 29.9 Å². The molecule has 0 bridgehead atoms. The van der Waals surface area contributed by atoms with Crippen LogP contribution in [0.2, 0.25) is 0 Å². The number of nitriles is 1. The molecule has 0 aromatic heterocycles. The highest BCUT2D eigenvalue weighted by atomic mass is 16.3. The summed E-state index contributed by atoms with van der Waals surface area (Å²) in [5.74, 6) is -0.191. The molecule has 0 spiro atoms. The molecule has 0 aliphatic rings. The first kappa shape index (κ1) is 12.5. The van der Waals surface area contributed by atoms with Crippen LogP contribution in [-0.2, 0) is 0 Å². The van der Waals surface area contributed by atoms with E-state index in [9.17, 15) is 15.3 Å². The van der Waals surface area contributed by atoms with Crippen LogP contribution in [0.3, 0.4) is 0 Å². The molecule has 0 saturated heterocycles. The molecule has 2 unspecified atom stereocenters. The Balaban J connectivity index is 2.98. The summed E-state index contributed by atoms with van der Waals surface area (Å²) in [7, 11) is 0. The maximum absolute atomic E-state index is 9.69. The van der Waals surface area contributed by atoms with Crippen molar-refractivity contribution in [1.82, 2.24) is 0 Å². The van der Waals surface area contributed by atoms with E-state index in [1.807, 2.05) is 6.07 Å². The molecule has 0 heterocycles. The second-order valence-electron chi connectivity index (χ2n) is 3.41. The molecule has 1 aromatic rings. The average molecular weight is 223 g/mol. The molecule has 1 rings (SSSR count). The number of hydrogen-bond donors (Lipinski definition) is 4. The Morgan fingerprint density at radius 3 is 2.56 bits per heavy atom. The van der Waals surface area contributed by atoms with Gasteiger partial charge in [-0.2, -0.15) is 5.26 Å². The summed E-state index contributed by atoms with van der Waals surface area (Å²) >= 11 is 0. The van der Waals surface area contributed by atoms with Crippen LogP contribution >= 0.6 is 0 Å². The number of aromatic hydroxyl groups is 1. The van der Waals surface area contributed by atoms with Crippen molar-refractivity contribution in [3.05, 3.63) is 29.3 Å². The van der Waals surface area contributed by atoms with Gasteiger partial charge in [-0.3, -0.25) is 0 Å². The lowest BCUT2D eigenvalue weighted by Crippen LogP contribution is -2.19. The third-order valence-electron chi connectivity index (χ3n) is 2.26.